The molecule has 0 radical (unpaired) electrons. The molecule has 0 bridgehead atoms. The van der Waals surface area contributed by atoms with Gasteiger partial charge in [-0.15, -0.1) is 0 Å². The summed E-state index contributed by atoms with van der Waals surface area (Å²) in [7, 11) is 0. The molecule has 166 valence electrons. The van der Waals surface area contributed by atoms with E-state index in [0.717, 1.165) is 11.3 Å². The van der Waals surface area contributed by atoms with Crippen molar-refractivity contribution in [1.29, 1.82) is 0 Å². The Morgan fingerprint density at radius 1 is 0.939 bits per heavy atom. The van der Waals surface area contributed by atoms with Crippen LogP contribution in [0.4, 0.5) is 11.4 Å². The molecule has 0 aromatic heterocycles. The van der Waals surface area contributed by atoms with E-state index in [1.165, 1.54) is 18.7 Å². The molecule has 1 aliphatic heterocycles. The molecule has 4 rings (SSSR count). The number of nitrogens with zero attached hydrogens (tertiary/aromatic N) is 2. The zero-order valence-electron chi connectivity index (χ0n) is 18.1. The first kappa shape index (κ1) is 22.5. The van der Waals surface area contributed by atoms with Gasteiger partial charge in [0.2, 0.25) is 11.8 Å². The van der Waals surface area contributed by atoms with Gasteiger partial charge in [0.05, 0.1) is 12.2 Å². The molecule has 33 heavy (non-hydrogen) atoms. The quantitative estimate of drug-likeness (QED) is 0.504. The van der Waals surface area contributed by atoms with Gasteiger partial charge in [0.15, 0.2) is 11.0 Å². The third-order valence-electron chi connectivity index (χ3n) is 5.13. The lowest BCUT2D eigenvalue weighted by atomic mass is 10.1. The van der Waals surface area contributed by atoms with E-state index in [-0.39, 0.29) is 24.0 Å². The molecule has 3 aromatic rings. The maximum absolute atomic E-state index is 13.2. The van der Waals surface area contributed by atoms with Crippen molar-refractivity contribution >= 4 is 45.9 Å². The fraction of sp³-hybridized carbons (Fsp3) is 0.154. The third kappa shape index (κ3) is 5.75. The lowest BCUT2D eigenvalue weighted by Crippen LogP contribution is -2.33. The minimum atomic E-state index is -0.562. The normalized spacial score (nSPS) is 16.8. The van der Waals surface area contributed by atoms with E-state index in [2.05, 4.69) is 10.3 Å². The van der Waals surface area contributed by atoms with E-state index in [0.29, 0.717) is 23.0 Å². The number of amides is 2. The lowest BCUT2D eigenvalue weighted by Gasteiger charge is -2.16. The zero-order valence-corrected chi connectivity index (χ0v) is 18.9. The molecular formula is C26H23N3O3S. The van der Waals surface area contributed by atoms with Crippen molar-refractivity contribution < 1.29 is 14.4 Å². The number of Topliss-reactive ketones (excluding diaryl/α,β-unsaturated/α-hetero) is 1. The molecule has 1 atom stereocenters. The van der Waals surface area contributed by atoms with Gasteiger partial charge in [0.1, 0.15) is 5.25 Å². The topological polar surface area (TPSA) is 78.8 Å². The molecule has 7 heteroatoms. The van der Waals surface area contributed by atoms with Gasteiger partial charge in [-0.25, -0.2) is 4.99 Å². The summed E-state index contributed by atoms with van der Waals surface area (Å²) >= 11 is 1.31. The highest BCUT2D eigenvalue weighted by molar-refractivity contribution is 8.15. The summed E-state index contributed by atoms with van der Waals surface area (Å²) in [6.45, 7) is 1.88. The van der Waals surface area contributed by atoms with E-state index < -0.39 is 5.25 Å². The number of hydrogen-bond acceptors (Lipinski definition) is 5. The number of carbonyl (C=O) groups is 3. The number of thioether (sulfide) groups is 1. The van der Waals surface area contributed by atoms with Crippen LogP contribution in [0.15, 0.2) is 89.9 Å². The minimum Gasteiger partial charge on any atom is -0.326 e. The number of nitrogens with one attached hydrogen (secondary N) is 1. The zero-order chi connectivity index (χ0) is 23.2. The van der Waals surface area contributed by atoms with Crippen molar-refractivity contribution in [2.75, 3.05) is 5.32 Å². The van der Waals surface area contributed by atoms with Crippen LogP contribution >= 0.6 is 11.8 Å². The number of para-hydroxylation sites is 1. The van der Waals surface area contributed by atoms with Crippen LogP contribution in [-0.4, -0.2) is 32.9 Å². The Bertz CT molecular complexity index is 1180. The first-order chi connectivity index (χ1) is 16.0. The van der Waals surface area contributed by atoms with Gasteiger partial charge in [-0.05, 0) is 48.9 Å². The lowest BCUT2D eigenvalue weighted by molar-refractivity contribution is -0.128. The highest BCUT2D eigenvalue weighted by atomic mass is 32.2. The molecule has 0 aliphatic carbocycles. The molecule has 6 nitrogen and oxygen atoms in total. The summed E-state index contributed by atoms with van der Waals surface area (Å²) in [4.78, 5) is 43.6. The van der Waals surface area contributed by atoms with Crippen molar-refractivity contribution in [3.05, 3.63) is 96.1 Å². The number of aliphatic imine (C=N–C) groups is 1. The Balaban J connectivity index is 1.49. The van der Waals surface area contributed by atoms with Gasteiger partial charge in [-0.2, -0.15) is 0 Å². The van der Waals surface area contributed by atoms with Crippen molar-refractivity contribution in [3.8, 4) is 0 Å². The molecule has 2 amide bonds. The first-order valence-electron chi connectivity index (χ1n) is 10.6. The number of amidine groups is 1. The summed E-state index contributed by atoms with van der Waals surface area (Å²) in [6.07, 6.45) is 0.0249. The SMILES string of the molecule is CC(=O)c1ccc(NC(=O)C[C@H]2SC(=Nc3ccccc3)N(Cc3ccccc3)C2=O)cc1. The second-order valence-corrected chi connectivity index (χ2v) is 8.80. The summed E-state index contributed by atoms with van der Waals surface area (Å²) in [5.74, 6) is -0.442. The second kappa shape index (κ2) is 10.3. The largest absolute Gasteiger partial charge is 0.326 e. The number of anilines is 1. The fourth-order valence-electron chi connectivity index (χ4n) is 3.42. The van der Waals surface area contributed by atoms with Crippen LogP contribution < -0.4 is 5.32 Å². The van der Waals surface area contributed by atoms with Crippen molar-refractivity contribution in [2.24, 2.45) is 4.99 Å². The van der Waals surface area contributed by atoms with Crippen LogP contribution in [0.5, 0.6) is 0 Å². The van der Waals surface area contributed by atoms with E-state index in [4.69, 9.17) is 0 Å². The number of ketones is 1. The van der Waals surface area contributed by atoms with Gasteiger partial charge in [-0.1, -0.05) is 60.3 Å². The van der Waals surface area contributed by atoms with Crippen LogP contribution in [0, 0.1) is 0 Å². The van der Waals surface area contributed by atoms with Gasteiger partial charge in [0.25, 0.3) is 0 Å². The number of rotatable bonds is 7. The van der Waals surface area contributed by atoms with Crippen LogP contribution in [0.3, 0.4) is 0 Å². The molecule has 0 spiro atoms. The monoisotopic (exact) mass is 457 g/mol. The Kier molecular flexibility index (Phi) is 7.00. The smallest absolute Gasteiger partial charge is 0.242 e. The van der Waals surface area contributed by atoms with Crippen LogP contribution in [0.2, 0.25) is 0 Å². The van der Waals surface area contributed by atoms with E-state index in [9.17, 15) is 14.4 Å². The average molecular weight is 458 g/mol. The fourth-order valence-corrected chi connectivity index (χ4v) is 4.58. The van der Waals surface area contributed by atoms with Crippen molar-refractivity contribution in [2.45, 2.75) is 25.1 Å². The predicted molar refractivity (Wildman–Crippen MR) is 132 cm³/mol. The molecule has 0 saturated carbocycles. The predicted octanol–water partition coefficient (Wildman–Crippen LogP) is 5.05. The highest BCUT2D eigenvalue weighted by Crippen LogP contribution is 2.33. The second-order valence-electron chi connectivity index (χ2n) is 7.63. The number of carbonyl (C=O) groups excluding carboxylic acids is 3. The number of benzene rings is 3. The van der Waals surface area contributed by atoms with Gasteiger partial charge in [-0.3, -0.25) is 19.3 Å². The standard InChI is InChI=1S/C26H23N3O3S/c1-18(30)20-12-14-22(15-13-20)27-24(31)16-23-25(32)29(17-19-8-4-2-5-9-19)26(33-23)28-21-10-6-3-7-11-21/h2-15,23H,16-17H2,1H3,(H,27,31)/t23-/m1/s1. The third-order valence-corrected chi connectivity index (χ3v) is 6.31. The first-order valence-corrected chi connectivity index (χ1v) is 11.4. The van der Waals surface area contributed by atoms with E-state index in [1.807, 2.05) is 60.7 Å². The Morgan fingerprint density at radius 3 is 2.21 bits per heavy atom. The molecule has 1 aliphatic rings. The summed E-state index contributed by atoms with van der Waals surface area (Å²) < 4.78 is 0. The van der Waals surface area contributed by atoms with Crippen LogP contribution in [0.25, 0.3) is 0 Å². The Labute approximate surface area is 196 Å². The maximum atomic E-state index is 13.2. The van der Waals surface area contributed by atoms with Gasteiger partial charge < -0.3 is 5.32 Å². The molecule has 1 fully saturated rings. The summed E-state index contributed by atoms with van der Waals surface area (Å²) in [5, 5.41) is 2.83. The molecule has 1 N–H and O–H groups in total. The molecule has 3 aromatic carbocycles. The summed E-state index contributed by atoms with van der Waals surface area (Å²) in [5.41, 5.74) is 2.90. The molecule has 1 saturated heterocycles. The van der Waals surface area contributed by atoms with E-state index >= 15 is 0 Å². The maximum Gasteiger partial charge on any atom is 0.242 e. The van der Waals surface area contributed by atoms with Crippen LogP contribution in [0.1, 0.15) is 29.3 Å². The van der Waals surface area contributed by atoms with Gasteiger partial charge in [0, 0.05) is 17.7 Å². The van der Waals surface area contributed by atoms with Crippen LogP contribution in [-0.2, 0) is 16.1 Å². The summed E-state index contributed by atoms with van der Waals surface area (Å²) in [6, 6.07) is 25.9. The van der Waals surface area contributed by atoms with E-state index in [1.54, 1.807) is 29.2 Å². The Hall–Kier alpha value is -3.71. The minimum absolute atomic E-state index is 0.0249. The Morgan fingerprint density at radius 2 is 1.58 bits per heavy atom. The van der Waals surface area contributed by atoms with Crippen molar-refractivity contribution in [3.63, 3.8) is 0 Å². The number of hydrogen-bond donors (Lipinski definition) is 1. The molecule has 1 heterocycles. The van der Waals surface area contributed by atoms with Crippen molar-refractivity contribution in [1.82, 2.24) is 4.90 Å². The molecular weight excluding hydrogens is 434 g/mol. The molecule has 0 unspecified atom stereocenters. The highest BCUT2D eigenvalue weighted by Gasteiger charge is 2.39. The average Bonchev–Trinajstić information content (AvgIpc) is 3.09. The van der Waals surface area contributed by atoms with Gasteiger partial charge >= 0.3 is 0 Å².